The van der Waals surface area contributed by atoms with Gasteiger partial charge in [0.15, 0.2) is 0 Å². The van der Waals surface area contributed by atoms with Gasteiger partial charge in [-0.1, -0.05) is 29.4 Å². The van der Waals surface area contributed by atoms with E-state index < -0.39 is 0 Å². The van der Waals surface area contributed by atoms with Crippen LogP contribution in [-0.2, 0) is 0 Å². The molecule has 0 unspecified atom stereocenters. The fourth-order valence-electron chi connectivity index (χ4n) is 1.46. The lowest BCUT2D eigenvalue weighted by Gasteiger charge is -2.01. The van der Waals surface area contributed by atoms with Gasteiger partial charge < -0.3 is 5.21 Å². The van der Waals surface area contributed by atoms with Crippen LogP contribution in [0.3, 0.4) is 0 Å². The Balaban J connectivity index is 2.81. The molecule has 0 spiro atoms. The van der Waals surface area contributed by atoms with Crippen molar-refractivity contribution in [3.05, 3.63) is 47.8 Å². The largest absolute Gasteiger partial charge is 0.411 e. The van der Waals surface area contributed by atoms with E-state index in [2.05, 4.69) is 5.16 Å². The van der Waals surface area contributed by atoms with E-state index in [-0.39, 0.29) is 5.82 Å². The molecule has 3 heteroatoms. The second-order valence-electron chi connectivity index (χ2n) is 2.93. The molecule has 0 radical (unpaired) electrons. The van der Waals surface area contributed by atoms with E-state index in [0.717, 1.165) is 5.39 Å². The van der Waals surface area contributed by atoms with Gasteiger partial charge in [-0.15, -0.1) is 0 Å². The number of nitrogens with zero attached hydrogens (tertiary/aromatic N) is 1. The molecule has 0 amide bonds. The summed E-state index contributed by atoms with van der Waals surface area (Å²) in [4.78, 5) is 0. The first-order chi connectivity index (χ1) is 6.83. The molecule has 0 aromatic heterocycles. The molecule has 2 nitrogen and oxygen atoms in total. The fourth-order valence-corrected chi connectivity index (χ4v) is 1.46. The van der Waals surface area contributed by atoms with Gasteiger partial charge in [0.25, 0.3) is 0 Å². The highest BCUT2D eigenvalue weighted by Crippen LogP contribution is 2.20. The Hall–Kier alpha value is -1.90. The minimum atomic E-state index is -0.268. The summed E-state index contributed by atoms with van der Waals surface area (Å²) in [6, 6.07) is 10.0. The van der Waals surface area contributed by atoms with Crippen LogP contribution >= 0.6 is 0 Å². The summed E-state index contributed by atoms with van der Waals surface area (Å²) in [5.74, 6) is -0.268. The van der Waals surface area contributed by atoms with Crippen molar-refractivity contribution in [1.29, 1.82) is 0 Å². The number of hydrogen-bond donors (Lipinski definition) is 1. The normalized spacial score (nSPS) is 11.2. The van der Waals surface area contributed by atoms with Crippen molar-refractivity contribution in [2.45, 2.75) is 0 Å². The van der Waals surface area contributed by atoms with Gasteiger partial charge in [-0.25, -0.2) is 4.39 Å². The van der Waals surface area contributed by atoms with Gasteiger partial charge in [-0.2, -0.15) is 0 Å². The van der Waals surface area contributed by atoms with E-state index in [9.17, 15) is 4.39 Å². The van der Waals surface area contributed by atoms with Crippen LogP contribution < -0.4 is 0 Å². The zero-order valence-electron chi connectivity index (χ0n) is 7.31. The van der Waals surface area contributed by atoms with E-state index in [0.29, 0.717) is 10.9 Å². The molecule has 2 rings (SSSR count). The maximum absolute atomic E-state index is 13.3. The first-order valence-electron chi connectivity index (χ1n) is 4.17. The van der Waals surface area contributed by atoms with Gasteiger partial charge in [0, 0.05) is 10.9 Å². The molecule has 0 heterocycles. The van der Waals surface area contributed by atoms with E-state index in [1.165, 1.54) is 12.3 Å². The van der Waals surface area contributed by atoms with Crippen molar-refractivity contribution in [1.82, 2.24) is 0 Å². The van der Waals surface area contributed by atoms with Crippen LogP contribution in [0, 0.1) is 5.82 Å². The Bertz CT molecular complexity index is 494. The molecular weight excluding hydrogens is 181 g/mol. The zero-order valence-corrected chi connectivity index (χ0v) is 7.31. The van der Waals surface area contributed by atoms with Gasteiger partial charge in [-0.05, 0) is 17.5 Å². The lowest BCUT2D eigenvalue weighted by Crippen LogP contribution is -1.87. The third-order valence-corrected chi connectivity index (χ3v) is 2.10. The van der Waals surface area contributed by atoms with Crippen LogP contribution in [0.25, 0.3) is 10.8 Å². The van der Waals surface area contributed by atoms with Crippen molar-refractivity contribution in [2.75, 3.05) is 0 Å². The van der Waals surface area contributed by atoms with Crippen molar-refractivity contribution in [2.24, 2.45) is 5.16 Å². The number of oxime groups is 1. The van der Waals surface area contributed by atoms with Gasteiger partial charge in [0.1, 0.15) is 5.82 Å². The standard InChI is InChI=1S/C11H8FNO/c12-11-6-5-8(7-13-14)9-3-1-2-4-10(9)11/h1-7,14H. The highest BCUT2D eigenvalue weighted by Gasteiger charge is 2.02. The molecule has 0 aliphatic carbocycles. The Labute approximate surface area is 80.3 Å². The Kier molecular flexibility index (Phi) is 2.14. The molecule has 0 fully saturated rings. The minimum Gasteiger partial charge on any atom is -0.411 e. The molecule has 0 saturated carbocycles. The second kappa shape index (κ2) is 3.46. The summed E-state index contributed by atoms with van der Waals surface area (Å²) in [6.07, 6.45) is 1.29. The number of fused-ring (bicyclic) bond motifs is 1. The van der Waals surface area contributed by atoms with Gasteiger partial charge in [-0.3, -0.25) is 0 Å². The van der Waals surface area contributed by atoms with Gasteiger partial charge >= 0.3 is 0 Å². The molecule has 0 aliphatic rings. The lowest BCUT2D eigenvalue weighted by molar-refractivity contribution is 0.322. The summed E-state index contributed by atoms with van der Waals surface area (Å²) in [5, 5.41) is 12.6. The maximum Gasteiger partial charge on any atom is 0.131 e. The molecule has 2 aromatic carbocycles. The number of halogens is 1. The van der Waals surface area contributed by atoms with E-state index >= 15 is 0 Å². The minimum absolute atomic E-state index is 0.268. The lowest BCUT2D eigenvalue weighted by atomic mass is 10.1. The topological polar surface area (TPSA) is 32.6 Å². The Morgan fingerprint density at radius 1 is 1.07 bits per heavy atom. The first-order valence-corrected chi connectivity index (χ1v) is 4.17. The van der Waals surface area contributed by atoms with Crippen LogP contribution in [0.2, 0.25) is 0 Å². The highest BCUT2D eigenvalue weighted by atomic mass is 19.1. The van der Waals surface area contributed by atoms with E-state index in [4.69, 9.17) is 5.21 Å². The zero-order chi connectivity index (χ0) is 9.97. The van der Waals surface area contributed by atoms with Crippen LogP contribution in [0.5, 0.6) is 0 Å². The van der Waals surface area contributed by atoms with E-state index in [1.54, 1.807) is 24.3 Å². The molecule has 2 aromatic rings. The third kappa shape index (κ3) is 1.33. The first kappa shape index (κ1) is 8.69. The second-order valence-corrected chi connectivity index (χ2v) is 2.93. The van der Waals surface area contributed by atoms with Crippen molar-refractivity contribution < 1.29 is 9.60 Å². The van der Waals surface area contributed by atoms with Crippen LogP contribution in [0.1, 0.15) is 5.56 Å². The molecule has 0 aliphatic heterocycles. The molecule has 0 saturated heterocycles. The van der Waals surface area contributed by atoms with Crippen LogP contribution in [0.15, 0.2) is 41.6 Å². The Morgan fingerprint density at radius 3 is 2.50 bits per heavy atom. The van der Waals surface area contributed by atoms with Gasteiger partial charge in [0.2, 0.25) is 0 Å². The summed E-state index contributed by atoms with van der Waals surface area (Å²) >= 11 is 0. The smallest absolute Gasteiger partial charge is 0.131 e. The van der Waals surface area contributed by atoms with Gasteiger partial charge in [0.05, 0.1) is 6.21 Å². The monoisotopic (exact) mass is 189 g/mol. The van der Waals surface area contributed by atoms with Crippen LogP contribution in [0.4, 0.5) is 4.39 Å². The number of hydrogen-bond acceptors (Lipinski definition) is 2. The molecule has 14 heavy (non-hydrogen) atoms. The average molecular weight is 189 g/mol. The SMILES string of the molecule is ON=Cc1ccc(F)c2ccccc12. The number of benzene rings is 2. The highest BCUT2D eigenvalue weighted by molar-refractivity contribution is 5.99. The summed E-state index contributed by atoms with van der Waals surface area (Å²) in [6.45, 7) is 0. The number of rotatable bonds is 1. The molecule has 0 atom stereocenters. The predicted octanol–water partition coefficient (Wildman–Crippen LogP) is 2.79. The quantitative estimate of drug-likeness (QED) is 0.417. The summed E-state index contributed by atoms with van der Waals surface area (Å²) in [7, 11) is 0. The Morgan fingerprint density at radius 2 is 1.79 bits per heavy atom. The van der Waals surface area contributed by atoms with Crippen molar-refractivity contribution in [3.63, 3.8) is 0 Å². The maximum atomic E-state index is 13.3. The summed E-state index contributed by atoms with van der Waals surface area (Å²) < 4.78 is 13.3. The van der Waals surface area contributed by atoms with Crippen molar-refractivity contribution >= 4 is 17.0 Å². The molecule has 70 valence electrons. The predicted molar refractivity (Wildman–Crippen MR) is 53.3 cm³/mol. The fraction of sp³-hybridized carbons (Fsp3) is 0. The summed E-state index contributed by atoms with van der Waals surface area (Å²) in [5.41, 5.74) is 0.699. The van der Waals surface area contributed by atoms with Crippen molar-refractivity contribution in [3.8, 4) is 0 Å². The molecular formula is C11H8FNO. The van der Waals surface area contributed by atoms with Crippen LogP contribution in [-0.4, -0.2) is 11.4 Å². The molecule has 0 bridgehead atoms. The molecule has 1 N–H and O–H groups in total. The average Bonchev–Trinajstić information content (AvgIpc) is 2.23. The third-order valence-electron chi connectivity index (χ3n) is 2.10. The van der Waals surface area contributed by atoms with E-state index in [1.807, 2.05) is 6.07 Å².